The van der Waals surface area contributed by atoms with Crippen LogP contribution in [0.3, 0.4) is 0 Å². The van der Waals surface area contributed by atoms with Gasteiger partial charge in [0.15, 0.2) is 0 Å². The molecule has 0 radical (unpaired) electrons. The van der Waals surface area contributed by atoms with Crippen LogP contribution in [-0.2, 0) is 6.54 Å². The van der Waals surface area contributed by atoms with Crippen molar-refractivity contribution in [2.24, 2.45) is 0 Å². The summed E-state index contributed by atoms with van der Waals surface area (Å²) in [6.45, 7) is 5.55. The summed E-state index contributed by atoms with van der Waals surface area (Å²) in [5.41, 5.74) is 1.28. The standard InChI is InChI=1S/C16H26N4O/c1-13-9-19-14(11-18-13)10-17-12-16(21)6-4-8-20-7-3-2-5-15(16)20/h9,11,15,17,21H,2-8,10,12H2,1H3/t15-,16-/m1/s1. The van der Waals surface area contributed by atoms with E-state index in [2.05, 4.69) is 20.2 Å². The predicted molar refractivity (Wildman–Crippen MR) is 81.9 cm³/mol. The van der Waals surface area contributed by atoms with E-state index in [0.29, 0.717) is 19.1 Å². The maximum atomic E-state index is 11.0. The molecule has 0 bridgehead atoms. The molecule has 0 unspecified atom stereocenters. The van der Waals surface area contributed by atoms with E-state index in [4.69, 9.17) is 0 Å². The van der Waals surface area contributed by atoms with Crippen LogP contribution in [0.25, 0.3) is 0 Å². The first-order valence-corrected chi connectivity index (χ1v) is 8.12. The fraction of sp³-hybridized carbons (Fsp3) is 0.750. The van der Waals surface area contributed by atoms with Crippen LogP contribution in [0.2, 0.25) is 0 Å². The van der Waals surface area contributed by atoms with E-state index >= 15 is 0 Å². The van der Waals surface area contributed by atoms with Crippen molar-refractivity contribution >= 4 is 0 Å². The zero-order valence-corrected chi connectivity index (χ0v) is 12.9. The van der Waals surface area contributed by atoms with Crippen molar-refractivity contribution in [2.45, 2.75) is 57.2 Å². The first kappa shape index (κ1) is 14.9. The molecule has 2 fully saturated rings. The molecule has 2 atom stereocenters. The molecular formula is C16H26N4O. The number of aromatic nitrogens is 2. The Morgan fingerprint density at radius 3 is 2.95 bits per heavy atom. The SMILES string of the molecule is Cc1cnc(CNC[C@]2(O)CCCN3CCCC[C@@H]32)cn1. The van der Waals surface area contributed by atoms with Crippen molar-refractivity contribution in [3.05, 3.63) is 23.8 Å². The monoisotopic (exact) mass is 290 g/mol. The maximum Gasteiger partial charge on any atom is 0.0926 e. The highest BCUT2D eigenvalue weighted by atomic mass is 16.3. The summed E-state index contributed by atoms with van der Waals surface area (Å²) in [7, 11) is 0. The third kappa shape index (κ3) is 3.42. The minimum Gasteiger partial charge on any atom is -0.387 e. The molecule has 3 heterocycles. The highest BCUT2D eigenvalue weighted by Gasteiger charge is 2.43. The molecule has 2 N–H and O–H groups in total. The number of aryl methyl sites for hydroxylation is 1. The molecule has 116 valence electrons. The van der Waals surface area contributed by atoms with Gasteiger partial charge in [0.25, 0.3) is 0 Å². The molecule has 0 aliphatic carbocycles. The minimum atomic E-state index is -0.587. The summed E-state index contributed by atoms with van der Waals surface area (Å²) < 4.78 is 0. The molecule has 1 aromatic heterocycles. The fourth-order valence-electron chi connectivity index (χ4n) is 3.75. The zero-order chi connectivity index (χ0) is 14.7. The van der Waals surface area contributed by atoms with Gasteiger partial charge >= 0.3 is 0 Å². The molecule has 0 saturated carbocycles. The van der Waals surface area contributed by atoms with Crippen molar-refractivity contribution < 1.29 is 5.11 Å². The Bertz CT molecular complexity index is 462. The molecule has 2 aliphatic heterocycles. The molecule has 2 aliphatic rings. The molecule has 21 heavy (non-hydrogen) atoms. The van der Waals surface area contributed by atoms with Crippen LogP contribution in [0.5, 0.6) is 0 Å². The summed E-state index contributed by atoms with van der Waals surface area (Å²) in [5.74, 6) is 0. The van der Waals surface area contributed by atoms with Gasteiger partial charge < -0.3 is 10.4 Å². The van der Waals surface area contributed by atoms with Gasteiger partial charge in [0, 0.05) is 31.5 Å². The smallest absolute Gasteiger partial charge is 0.0926 e. The molecule has 0 spiro atoms. The van der Waals surface area contributed by atoms with E-state index in [1.807, 2.05) is 6.92 Å². The number of rotatable bonds is 4. The predicted octanol–water partition coefficient (Wildman–Crippen LogP) is 1.25. The zero-order valence-electron chi connectivity index (χ0n) is 12.9. The van der Waals surface area contributed by atoms with Crippen LogP contribution >= 0.6 is 0 Å². The number of fused-ring (bicyclic) bond motifs is 1. The van der Waals surface area contributed by atoms with Crippen LogP contribution in [-0.4, -0.2) is 51.3 Å². The van der Waals surface area contributed by atoms with Gasteiger partial charge in [0.2, 0.25) is 0 Å². The molecule has 5 nitrogen and oxygen atoms in total. The summed E-state index contributed by atoms with van der Waals surface area (Å²) in [6.07, 6.45) is 9.24. The second-order valence-electron chi connectivity index (χ2n) is 6.51. The summed E-state index contributed by atoms with van der Waals surface area (Å²) in [6, 6.07) is 0.330. The highest BCUT2D eigenvalue weighted by molar-refractivity contribution is 5.02. The van der Waals surface area contributed by atoms with Gasteiger partial charge in [0.05, 0.1) is 17.0 Å². The number of piperidine rings is 2. The Morgan fingerprint density at radius 1 is 1.29 bits per heavy atom. The topological polar surface area (TPSA) is 61.3 Å². The van der Waals surface area contributed by atoms with Crippen LogP contribution in [0.15, 0.2) is 12.4 Å². The highest BCUT2D eigenvalue weighted by Crippen LogP contribution is 2.33. The van der Waals surface area contributed by atoms with Gasteiger partial charge in [-0.3, -0.25) is 14.9 Å². The van der Waals surface area contributed by atoms with Crippen molar-refractivity contribution in [3.63, 3.8) is 0 Å². The van der Waals surface area contributed by atoms with Gasteiger partial charge in [-0.15, -0.1) is 0 Å². The normalized spacial score (nSPS) is 30.1. The third-order valence-corrected chi connectivity index (χ3v) is 4.86. The third-order valence-electron chi connectivity index (χ3n) is 4.86. The lowest BCUT2D eigenvalue weighted by Gasteiger charge is -2.49. The summed E-state index contributed by atoms with van der Waals surface area (Å²) in [5, 5.41) is 14.4. The first-order valence-electron chi connectivity index (χ1n) is 8.12. The van der Waals surface area contributed by atoms with Crippen LogP contribution in [0.4, 0.5) is 0 Å². The van der Waals surface area contributed by atoms with Crippen LogP contribution < -0.4 is 5.32 Å². The van der Waals surface area contributed by atoms with Gasteiger partial charge in [-0.1, -0.05) is 6.42 Å². The largest absolute Gasteiger partial charge is 0.387 e. The molecule has 0 amide bonds. The first-order chi connectivity index (χ1) is 10.2. The van der Waals surface area contributed by atoms with E-state index in [9.17, 15) is 5.11 Å². The minimum absolute atomic E-state index is 0.330. The molecule has 2 saturated heterocycles. The second-order valence-corrected chi connectivity index (χ2v) is 6.51. The summed E-state index contributed by atoms with van der Waals surface area (Å²) in [4.78, 5) is 11.1. The van der Waals surface area contributed by atoms with Crippen molar-refractivity contribution in [2.75, 3.05) is 19.6 Å². The van der Waals surface area contributed by atoms with Crippen molar-refractivity contribution in [1.82, 2.24) is 20.2 Å². The average Bonchev–Trinajstić information content (AvgIpc) is 2.50. The Balaban J connectivity index is 1.56. The van der Waals surface area contributed by atoms with Crippen LogP contribution in [0.1, 0.15) is 43.5 Å². The van der Waals surface area contributed by atoms with Crippen molar-refractivity contribution in [1.29, 1.82) is 0 Å². The molecule has 0 aromatic carbocycles. The van der Waals surface area contributed by atoms with E-state index in [1.54, 1.807) is 12.4 Å². The van der Waals surface area contributed by atoms with Gasteiger partial charge in [-0.25, -0.2) is 0 Å². The summed E-state index contributed by atoms with van der Waals surface area (Å²) >= 11 is 0. The number of nitrogens with zero attached hydrogens (tertiary/aromatic N) is 3. The van der Waals surface area contributed by atoms with E-state index in [1.165, 1.54) is 12.8 Å². The quantitative estimate of drug-likeness (QED) is 0.874. The average molecular weight is 290 g/mol. The Kier molecular flexibility index (Phi) is 4.52. The Hall–Kier alpha value is -1.04. The molecule has 5 heteroatoms. The number of hydrogen-bond donors (Lipinski definition) is 2. The van der Waals surface area contributed by atoms with Gasteiger partial charge in [0.1, 0.15) is 0 Å². The number of nitrogens with one attached hydrogen (secondary N) is 1. The lowest BCUT2D eigenvalue weighted by Crippen LogP contribution is -2.62. The van der Waals surface area contributed by atoms with E-state index in [-0.39, 0.29) is 0 Å². The fourth-order valence-corrected chi connectivity index (χ4v) is 3.75. The number of hydrogen-bond acceptors (Lipinski definition) is 5. The molecule has 1 aromatic rings. The van der Waals surface area contributed by atoms with E-state index in [0.717, 1.165) is 43.7 Å². The maximum absolute atomic E-state index is 11.0. The molecule has 3 rings (SSSR count). The van der Waals surface area contributed by atoms with Gasteiger partial charge in [-0.05, 0) is 45.7 Å². The Labute approximate surface area is 126 Å². The van der Waals surface area contributed by atoms with Crippen LogP contribution in [0, 0.1) is 6.92 Å². The second kappa shape index (κ2) is 6.38. The Morgan fingerprint density at radius 2 is 2.14 bits per heavy atom. The van der Waals surface area contributed by atoms with E-state index < -0.39 is 5.60 Å². The lowest BCUT2D eigenvalue weighted by molar-refractivity contribution is -0.0920. The van der Waals surface area contributed by atoms with Gasteiger partial charge in [-0.2, -0.15) is 0 Å². The number of aliphatic hydroxyl groups is 1. The molecular weight excluding hydrogens is 264 g/mol. The van der Waals surface area contributed by atoms with Crippen molar-refractivity contribution in [3.8, 4) is 0 Å². The lowest BCUT2D eigenvalue weighted by atomic mass is 9.79.